The van der Waals surface area contributed by atoms with Crippen molar-refractivity contribution in [2.75, 3.05) is 0 Å². The molecule has 1 N–H and O–H groups in total. The van der Waals surface area contributed by atoms with Crippen LogP contribution in [0.2, 0.25) is 0 Å². The third kappa shape index (κ3) is 3.75. The van der Waals surface area contributed by atoms with Crippen LogP contribution in [0.3, 0.4) is 0 Å². The van der Waals surface area contributed by atoms with Gasteiger partial charge in [-0.2, -0.15) is 0 Å². The molecule has 0 aliphatic carbocycles. The predicted octanol–water partition coefficient (Wildman–Crippen LogP) is 4.75. The summed E-state index contributed by atoms with van der Waals surface area (Å²) in [6, 6.07) is 16.6. The monoisotopic (exact) mass is 357 g/mol. The van der Waals surface area contributed by atoms with Gasteiger partial charge in [-0.1, -0.05) is 54.5 Å². The number of rotatable bonds is 5. The molecular formula is C19H16FNO3S. The average Bonchev–Trinajstić information content (AvgIpc) is 2.63. The van der Waals surface area contributed by atoms with Gasteiger partial charge in [0, 0.05) is 5.39 Å². The van der Waals surface area contributed by atoms with Crippen LogP contribution in [0.15, 0.2) is 70.7 Å². The molecular weight excluding hydrogens is 341 g/mol. The second-order valence-corrected chi connectivity index (χ2v) is 6.26. The number of halogens is 1. The third-order valence-electron chi connectivity index (χ3n) is 3.78. The van der Waals surface area contributed by atoms with Gasteiger partial charge in [0.25, 0.3) is 0 Å². The summed E-state index contributed by atoms with van der Waals surface area (Å²) in [5.41, 5.74) is 1.35. The summed E-state index contributed by atoms with van der Waals surface area (Å²) < 4.78 is 34.5. The molecule has 0 aliphatic heterocycles. The molecule has 0 saturated carbocycles. The van der Waals surface area contributed by atoms with Gasteiger partial charge < -0.3 is 9.39 Å². The van der Waals surface area contributed by atoms with Gasteiger partial charge in [-0.3, -0.25) is 0 Å². The lowest BCUT2D eigenvalue weighted by atomic mass is 10.1. The highest BCUT2D eigenvalue weighted by molar-refractivity contribution is 7.79. The van der Waals surface area contributed by atoms with E-state index in [0.29, 0.717) is 17.5 Å². The molecule has 0 bridgehead atoms. The lowest BCUT2D eigenvalue weighted by molar-refractivity contribution is 0.332. The van der Waals surface area contributed by atoms with E-state index in [4.69, 9.17) is 4.84 Å². The minimum atomic E-state index is -2.22. The van der Waals surface area contributed by atoms with Crippen LogP contribution in [-0.4, -0.2) is 14.5 Å². The maximum atomic E-state index is 13.1. The Hall–Kier alpha value is -2.57. The van der Waals surface area contributed by atoms with Crippen LogP contribution in [0.5, 0.6) is 5.75 Å². The zero-order valence-electron chi connectivity index (χ0n) is 13.5. The number of hydrogen-bond donors (Lipinski definition) is 1. The fourth-order valence-corrected chi connectivity index (χ4v) is 3.19. The van der Waals surface area contributed by atoms with Gasteiger partial charge in [-0.15, -0.1) is 0 Å². The molecule has 1 atom stereocenters. The van der Waals surface area contributed by atoms with Crippen molar-refractivity contribution in [2.45, 2.75) is 18.2 Å². The van der Waals surface area contributed by atoms with E-state index in [1.807, 2.05) is 19.1 Å². The van der Waals surface area contributed by atoms with E-state index in [-0.39, 0.29) is 16.5 Å². The van der Waals surface area contributed by atoms with E-state index in [2.05, 4.69) is 5.16 Å². The van der Waals surface area contributed by atoms with Crippen molar-refractivity contribution in [3.05, 3.63) is 72.0 Å². The van der Waals surface area contributed by atoms with Gasteiger partial charge in [0.1, 0.15) is 10.7 Å². The van der Waals surface area contributed by atoms with Crippen LogP contribution >= 0.6 is 0 Å². The highest BCUT2D eigenvalue weighted by Gasteiger charge is 2.15. The van der Waals surface area contributed by atoms with E-state index in [0.717, 1.165) is 10.9 Å². The molecule has 0 heterocycles. The van der Waals surface area contributed by atoms with Crippen LogP contribution < -0.4 is 4.84 Å². The Morgan fingerprint density at radius 2 is 1.84 bits per heavy atom. The van der Waals surface area contributed by atoms with Gasteiger partial charge in [-0.25, -0.2) is 8.60 Å². The smallest absolute Gasteiger partial charge is 0.191 e. The highest BCUT2D eigenvalue weighted by atomic mass is 32.2. The standard InChI is InChI=1S/C19H16FNO3S/c1-2-17(14-7-10-15(20)11-8-14)21-24-18-12-9-13-5-3-4-6-16(13)19(18)25(22)23/h3-12H,2H2,1H3,(H,22,23). The van der Waals surface area contributed by atoms with Crippen LogP contribution in [0.25, 0.3) is 10.8 Å². The second-order valence-electron chi connectivity index (χ2n) is 5.35. The summed E-state index contributed by atoms with van der Waals surface area (Å²) in [4.78, 5) is 5.66. The second kappa shape index (κ2) is 7.55. The number of benzene rings is 3. The molecule has 0 fully saturated rings. The van der Waals surface area contributed by atoms with Crippen molar-refractivity contribution in [2.24, 2.45) is 5.16 Å². The Balaban J connectivity index is 2.00. The molecule has 0 radical (unpaired) electrons. The predicted molar refractivity (Wildman–Crippen MR) is 96.8 cm³/mol. The number of hydrogen-bond acceptors (Lipinski definition) is 3. The first-order valence-corrected chi connectivity index (χ1v) is 8.83. The topological polar surface area (TPSA) is 58.9 Å². The normalized spacial score (nSPS) is 13.0. The van der Waals surface area contributed by atoms with Gasteiger partial charge in [0.2, 0.25) is 0 Å². The van der Waals surface area contributed by atoms with E-state index < -0.39 is 11.1 Å². The molecule has 6 heteroatoms. The number of fused-ring (bicyclic) bond motifs is 1. The van der Waals surface area contributed by atoms with Crippen LogP contribution in [0, 0.1) is 5.82 Å². The maximum absolute atomic E-state index is 13.1. The Morgan fingerprint density at radius 1 is 1.12 bits per heavy atom. The minimum absolute atomic E-state index is 0.177. The van der Waals surface area contributed by atoms with Crippen molar-refractivity contribution in [1.82, 2.24) is 0 Å². The van der Waals surface area contributed by atoms with Crippen LogP contribution in [-0.2, 0) is 11.1 Å². The lowest BCUT2D eigenvalue weighted by Gasteiger charge is -2.09. The van der Waals surface area contributed by atoms with Crippen molar-refractivity contribution < 1.29 is 18.0 Å². The maximum Gasteiger partial charge on any atom is 0.191 e. The highest BCUT2D eigenvalue weighted by Crippen LogP contribution is 2.31. The molecule has 3 rings (SSSR count). The largest absolute Gasteiger partial charge is 0.355 e. The molecule has 3 aromatic carbocycles. The van der Waals surface area contributed by atoms with Gasteiger partial charge >= 0.3 is 0 Å². The molecule has 3 aromatic rings. The number of oxime groups is 1. The van der Waals surface area contributed by atoms with E-state index in [1.54, 1.807) is 36.4 Å². The van der Waals surface area contributed by atoms with Crippen molar-refractivity contribution in [3.8, 4) is 5.75 Å². The Morgan fingerprint density at radius 3 is 2.52 bits per heavy atom. The first-order valence-electron chi connectivity index (χ1n) is 7.72. The Labute approximate surface area is 147 Å². The van der Waals surface area contributed by atoms with Crippen LogP contribution in [0.4, 0.5) is 4.39 Å². The molecule has 0 aromatic heterocycles. The van der Waals surface area contributed by atoms with Gasteiger partial charge in [-0.05, 0) is 35.6 Å². The summed E-state index contributed by atoms with van der Waals surface area (Å²) in [6.45, 7) is 1.90. The fraction of sp³-hybridized carbons (Fsp3) is 0.105. The van der Waals surface area contributed by atoms with Crippen LogP contribution in [0.1, 0.15) is 18.9 Å². The summed E-state index contributed by atoms with van der Waals surface area (Å²) >= 11 is -2.22. The molecule has 0 amide bonds. The molecule has 0 saturated heterocycles. The first-order chi connectivity index (χ1) is 12.1. The third-order valence-corrected chi connectivity index (χ3v) is 4.55. The zero-order chi connectivity index (χ0) is 17.8. The van der Waals surface area contributed by atoms with E-state index in [1.165, 1.54) is 12.1 Å². The molecule has 0 spiro atoms. The van der Waals surface area contributed by atoms with Gasteiger partial charge in [0.15, 0.2) is 16.8 Å². The fourth-order valence-electron chi connectivity index (χ4n) is 2.54. The first kappa shape index (κ1) is 17.3. The SMILES string of the molecule is CCC(=NOc1ccc2ccccc2c1S(=O)O)c1ccc(F)cc1. The molecule has 25 heavy (non-hydrogen) atoms. The minimum Gasteiger partial charge on any atom is -0.355 e. The average molecular weight is 357 g/mol. The quantitative estimate of drug-likeness (QED) is 0.407. The molecule has 0 aliphatic rings. The number of nitrogens with zero attached hydrogens (tertiary/aromatic N) is 1. The molecule has 4 nitrogen and oxygen atoms in total. The van der Waals surface area contributed by atoms with Crippen molar-refractivity contribution >= 4 is 27.6 Å². The summed E-state index contributed by atoms with van der Waals surface area (Å²) in [6.07, 6.45) is 0.566. The Bertz CT molecular complexity index is 955. The molecule has 128 valence electrons. The summed E-state index contributed by atoms with van der Waals surface area (Å²) in [5, 5.41) is 5.58. The van der Waals surface area contributed by atoms with Crippen molar-refractivity contribution in [1.29, 1.82) is 0 Å². The summed E-state index contributed by atoms with van der Waals surface area (Å²) in [7, 11) is 0. The van der Waals surface area contributed by atoms with Gasteiger partial charge in [0.05, 0.1) is 5.71 Å². The summed E-state index contributed by atoms with van der Waals surface area (Å²) in [5.74, 6) is -0.111. The lowest BCUT2D eigenvalue weighted by Crippen LogP contribution is -2.03. The zero-order valence-corrected chi connectivity index (χ0v) is 14.3. The Kier molecular flexibility index (Phi) is 5.21. The van der Waals surface area contributed by atoms with E-state index >= 15 is 0 Å². The van der Waals surface area contributed by atoms with Crippen molar-refractivity contribution in [3.63, 3.8) is 0 Å². The van der Waals surface area contributed by atoms with E-state index in [9.17, 15) is 13.2 Å². The molecule has 1 unspecified atom stereocenters.